The van der Waals surface area contributed by atoms with E-state index in [4.69, 9.17) is 0 Å². The van der Waals surface area contributed by atoms with Crippen molar-refractivity contribution < 1.29 is 19.5 Å². The molecule has 3 heterocycles. The van der Waals surface area contributed by atoms with Crippen molar-refractivity contribution in [2.75, 3.05) is 24.6 Å². The van der Waals surface area contributed by atoms with Gasteiger partial charge in [0.25, 0.3) is 0 Å². The highest BCUT2D eigenvalue weighted by molar-refractivity contribution is 8.01. The second-order valence-electron chi connectivity index (χ2n) is 6.25. The number of carboxylic acid groups (broad SMARTS) is 1. The number of nitrogens with one attached hydrogen (secondary N) is 2. The summed E-state index contributed by atoms with van der Waals surface area (Å²) in [5.41, 5.74) is -1.06. The average Bonchev–Trinajstić information content (AvgIpc) is 3.07. The van der Waals surface area contributed by atoms with Gasteiger partial charge >= 0.3 is 12.0 Å². The Morgan fingerprint density at radius 3 is 2.93 bits per heavy atom. The number of carbonyl (C=O) groups is 3. The molecule has 0 saturated carbocycles. The molecule has 3 atom stereocenters. The van der Waals surface area contributed by atoms with Crippen molar-refractivity contribution in [2.24, 2.45) is 5.41 Å². The van der Waals surface area contributed by atoms with Crippen LogP contribution in [0.2, 0.25) is 0 Å². The molecular formula is C15H19N5O4S3. The van der Waals surface area contributed by atoms with E-state index in [2.05, 4.69) is 27.4 Å². The predicted octanol–water partition coefficient (Wildman–Crippen LogP) is 0.779. The molecule has 27 heavy (non-hydrogen) atoms. The van der Waals surface area contributed by atoms with Gasteiger partial charge in [0.1, 0.15) is 21.8 Å². The predicted molar refractivity (Wildman–Crippen MR) is 104 cm³/mol. The summed E-state index contributed by atoms with van der Waals surface area (Å²) in [5.74, 6) is -0.537. The number of aliphatic carboxylic acids is 1. The van der Waals surface area contributed by atoms with Crippen molar-refractivity contribution in [1.82, 2.24) is 25.7 Å². The van der Waals surface area contributed by atoms with Crippen LogP contribution >= 0.6 is 34.9 Å². The Kier molecular flexibility index (Phi) is 5.96. The number of aromatic nitrogens is 2. The number of fused-ring (bicyclic) bond motifs is 1. The normalized spacial score (nSPS) is 26.7. The Balaban J connectivity index is 1.62. The molecule has 2 unspecified atom stereocenters. The molecule has 3 amide bonds. The van der Waals surface area contributed by atoms with Crippen LogP contribution in [0.15, 0.2) is 17.0 Å². The molecular weight excluding hydrogens is 410 g/mol. The molecule has 146 valence electrons. The quantitative estimate of drug-likeness (QED) is 0.330. The maximum Gasteiger partial charge on any atom is 0.315 e. The standard InChI is InChI=1S/C15H19N5O4S3/c1-3-4-16-13(24)17-9-10(21)20-5-15(12(22)23,6-25-11(9)20)7-26-14-19-18-8(2)27-14/h3,9,11H,1,4-7H2,2H3,(H,22,23)(H2,16,17,24)/t9?,11-,15?/m1/s1. The Bertz CT molecular complexity index is 772. The van der Waals surface area contributed by atoms with E-state index in [0.717, 1.165) is 5.01 Å². The molecule has 2 aliphatic heterocycles. The van der Waals surface area contributed by atoms with Gasteiger partial charge in [0.05, 0.1) is 0 Å². The molecule has 9 nitrogen and oxygen atoms in total. The zero-order chi connectivity index (χ0) is 19.6. The second kappa shape index (κ2) is 8.07. The maximum atomic E-state index is 12.4. The number of aryl methyl sites for hydroxylation is 1. The molecule has 1 aromatic rings. The summed E-state index contributed by atoms with van der Waals surface area (Å²) in [4.78, 5) is 37.7. The van der Waals surface area contributed by atoms with Crippen LogP contribution in [0.25, 0.3) is 0 Å². The van der Waals surface area contributed by atoms with E-state index >= 15 is 0 Å². The summed E-state index contributed by atoms with van der Waals surface area (Å²) in [6.07, 6.45) is 1.54. The summed E-state index contributed by atoms with van der Waals surface area (Å²) in [5, 5.41) is 23.5. The zero-order valence-electron chi connectivity index (χ0n) is 14.5. The van der Waals surface area contributed by atoms with Crippen LogP contribution in [0, 0.1) is 12.3 Å². The summed E-state index contributed by atoms with van der Waals surface area (Å²) in [6.45, 7) is 5.78. The average molecular weight is 430 g/mol. The highest BCUT2D eigenvalue weighted by Crippen LogP contribution is 2.44. The van der Waals surface area contributed by atoms with Crippen LogP contribution in [0.3, 0.4) is 0 Å². The summed E-state index contributed by atoms with van der Waals surface area (Å²) >= 11 is 4.14. The number of hydrogen-bond donors (Lipinski definition) is 3. The topological polar surface area (TPSA) is 125 Å². The van der Waals surface area contributed by atoms with E-state index < -0.39 is 23.5 Å². The molecule has 12 heteroatoms. The molecule has 2 aliphatic rings. The molecule has 1 aromatic heterocycles. The monoisotopic (exact) mass is 429 g/mol. The van der Waals surface area contributed by atoms with Crippen molar-refractivity contribution in [2.45, 2.75) is 22.7 Å². The fourth-order valence-electron chi connectivity index (χ4n) is 2.80. The van der Waals surface area contributed by atoms with Gasteiger partial charge in [0, 0.05) is 24.6 Å². The largest absolute Gasteiger partial charge is 0.481 e. The Hall–Kier alpha value is -1.79. The van der Waals surface area contributed by atoms with Crippen LogP contribution in [-0.2, 0) is 9.59 Å². The van der Waals surface area contributed by atoms with Gasteiger partial charge in [-0.3, -0.25) is 9.59 Å². The molecule has 3 N–H and O–H groups in total. The Labute approximate surface area is 168 Å². The number of nitrogens with zero attached hydrogens (tertiary/aromatic N) is 3. The molecule has 0 radical (unpaired) electrons. The minimum atomic E-state index is -1.06. The highest BCUT2D eigenvalue weighted by atomic mass is 32.2. The minimum absolute atomic E-state index is 0.121. The molecule has 2 saturated heterocycles. The number of hydrogen-bond acceptors (Lipinski definition) is 8. The third-order valence-corrected chi connectivity index (χ3v) is 8.12. The van der Waals surface area contributed by atoms with Gasteiger partial charge in [0.2, 0.25) is 5.91 Å². The lowest BCUT2D eigenvalue weighted by Crippen LogP contribution is -2.74. The fourth-order valence-corrected chi connectivity index (χ4v) is 6.48. The van der Waals surface area contributed by atoms with Crippen molar-refractivity contribution in [3.8, 4) is 0 Å². The van der Waals surface area contributed by atoms with E-state index in [1.807, 2.05) is 6.92 Å². The molecule has 3 rings (SSSR count). The van der Waals surface area contributed by atoms with Crippen LogP contribution in [-0.4, -0.2) is 74.1 Å². The Morgan fingerprint density at radius 1 is 1.52 bits per heavy atom. The number of rotatable bonds is 7. The third kappa shape index (κ3) is 4.06. The van der Waals surface area contributed by atoms with E-state index in [1.165, 1.54) is 39.8 Å². The van der Waals surface area contributed by atoms with Gasteiger partial charge in [-0.25, -0.2) is 4.79 Å². The van der Waals surface area contributed by atoms with Gasteiger partial charge in [-0.05, 0) is 6.92 Å². The lowest BCUT2D eigenvalue weighted by atomic mass is 9.89. The minimum Gasteiger partial charge on any atom is -0.481 e. The lowest BCUT2D eigenvalue weighted by Gasteiger charge is -2.53. The van der Waals surface area contributed by atoms with Gasteiger partial charge in [-0.15, -0.1) is 28.5 Å². The molecule has 0 bridgehead atoms. The number of amides is 3. The van der Waals surface area contributed by atoms with Gasteiger partial charge in [0.15, 0.2) is 4.34 Å². The van der Waals surface area contributed by atoms with Gasteiger partial charge in [-0.1, -0.05) is 29.2 Å². The van der Waals surface area contributed by atoms with Crippen molar-refractivity contribution >= 4 is 52.8 Å². The number of thioether (sulfide) groups is 2. The summed E-state index contributed by atoms with van der Waals surface area (Å²) < 4.78 is 0.716. The SMILES string of the molecule is C=CCNC(=O)NC1C(=O)N2CC(CSc3nnc(C)s3)(C(=O)O)CS[C@H]12. The Morgan fingerprint density at radius 2 is 2.30 bits per heavy atom. The van der Waals surface area contributed by atoms with Gasteiger partial charge in [-0.2, -0.15) is 0 Å². The van der Waals surface area contributed by atoms with Crippen LogP contribution in [0.1, 0.15) is 5.01 Å². The van der Waals surface area contributed by atoms with E-state index in [0.29, 0.717) is 22.4 Å². The van der Waals surface area contributed by atoms with Crippen LogP contribution in [0.4, 0.5) is 4.79 Å². The first-order chi connectivity index (χ1) is 12.9. The fraction of sp³-hybridized carbons (Fsp3) is 0.533. The third-order valence-electron chi connectivity index (χ3n) is 4.27. The second-order valence-corrected chi connectivity index (χ2v) is 9.76. The van der Waals surface area contributed by atoms with Crippen LogP contribution in [0.5, 0.6) is 0 Å². The molecule has 0 aromatic carbocycles. The number of urea groups is 1. The first-order valence-corrected chi connectivity index (χ1v) is 10.9. The smallest absolute Gasteiger partial charge is 0.315 e. The van der Waals surface area contributed by atoms with Crippen LogP contribution < -0.4 is 10.6 Å². The van der Waals surface area contributed by atoms with E-state index in [-0.39, 0.29) is 17.8 Å². The highest BCUT2D eigenvalue weighted by Gasteiger charge is 2.57. The van der Waals surface area contributed by atoms with Crippen molar-refractivity contribution in [3.63, 3.8) is 0 Å². The lowest BCUT2D eigenvalue weighted by molar-refractivity contribution is -0.155. The summed E-state index contributed by atoms with van der Waals surface area (Å²) in [7, 11) is 0. The zero-order valence-corrected chi connectivity index (χ0v) is 17.0. The number of carboxylic acids is 1. The summed E-state index contributed by atoms with van der Waals surface area (Å²) in [6, 6.07) is -1.07. The first-order valence-electron chi connectivity index (χ1n) is 8.10. The maximum absolute atomic E-state index is 12.4. The molecule has 0 aliphatic carbocycles. The van der Waals surface area contributed by atoms with Crippen molar-refractivity contribution in [1.29, 1.82) is 0 Å². The molecule has 0 spiro atoms. The number of carbonyl (C=O) groups excluding carboxylic acids is 2. The number of β-lactam (4-membered cyclic amide) rings is 1. The molecule has 2 fully saturated rings. The van der Waals surface area contributed by atoms with Gasteiger partial charge < -0.3 is 20.6 Å². The van der Waals surface area contributed by atoms with Crippen molar-refractivity contribution in [3.05, 3.63) is 17.7 Å². The van der Waals surface area contributed by atoms with E-state index in [9.17, 15) is 19.5 Å². The van der Waals surface area contributed by atoms with E-state index in [1.54, 1.807) is 6.08 Å². The first kappa shape index (κ1) is 20.0.